The van der Waals surface area contributed by atoms with Gasteiger partial charge >= 0.3 is 0 Å². The maximum atomic E-state index is 11.8. The molecule has 6 heteroatoms. The summed E-state index contributed by atoms with van der Waals surface area (Å²) in [6.07, 6.45) is 0. The van der Waals surface area contributed by atoms with Gasteiger partial charge in [0.15, 0.2) is 0 Å². The van der Waals surface area contributed by atoms with Gasteiger partial charge in [0.25, 0.3) is 0 Å². The van der Waals surface area contributed by atoms with Crippen molar-refractivity contribution < 1.29 is 8.42 Å². The van der Waals surface area contributed by atoms with Crippen molar-refractivity contribution in [1.82, 2.24) is 4.72 Å². The van der Waals surface area contributed by atoms with Crippen molar-refractivity contribution in [1.29, 1.82) is 0 Å². The second kappa shape index (κ2) is 4.99. The molecule has 0 saturated carbocycles. The first kappa shape index (κ1) is 13.2. The van der Waals surface area contributed by atoms with Gasteiger partial charge < -0.3 is 5.73 Å². The summed E-state index contributed by atoms with van der Waals surface area (Å²) < 4.78 is 26.6. The third-order valence-corrected chi connectivity index (χ3v) is 3.66. The van der Waals surface area contributed by atoms with Crippen LogP contribution in [0.5, 0.6) is 0 Å². The largest absolute Gasteiger partial charge is 0.398 e. The topological polar surface area (TPSA) is 72.2 Å². The number of halogens is 1. The van der Waals surface area contributed by atoms with Gasteiger partial charge in [0.2, 0.25) is 10.0 Å². The van der Waals surface area contributed by atoms with Crippen molar-refractivity contribution >= 4 is 31.6 Å². The fourth-order valence-corrected chi connectivity index (χ4v) is 2.63. The van der Waals surface area contributed by atoms with E-state index in [4.69, 9.17) is 5.73 Å². The Morgan fingerprint density at radius 1 is 1.56 bits per heavy atom. The SMILES string of the molecule is C=C(Br)CNS(=O)(=O)c1ccc(C)cc1N. The van der Waals surface area contributed by atoms with E-state index in [-0.39, 0.29) is 17.1 Å². The number of nitrogens with two attached hydrogens (primary N) is 1. The van der Waals surface area contributed by atoms with Crippen molar-refractivity contribution in [3.63, 3.8) is 0 Å². The molecule has 0 heterocycles. The Kier molecular flexibility index (Phi) is 4.12. The Hall–Kier alpha value is -0.850. The molecule has 0 atom stereocenters. The normalized spacial score (nSPS) is 11.4. The zero-order valence-electron chi connectivity index (χ0n) is 8.83. The minimum atomic E-state index is -3.57. The number of rotatable bonds is 4. The fraction of sp³-hybridized carbons (Fsp3) is 0.200. The molecule has 0 saturated heterocycles. The van der Waals surface area contributed by atoms with E-state index >= 15 is 0 Å². The molecule has 0 amide bonds. The minimum absolute atomic E-state index is 0.0897. The first-order chi connectivity index (χ1) is 7.33. The maximum absolute atomic E-state index is 11.8. The Morgan fingerprint density at radius 2 is 2.19 bits per heavy atom. The number of nitrogens with one attached hydrogen (secondary N) is 1. The van der Waals surface area contributed by atoms with E-state index in [2.05, 4.69) is 27.2 Å². The van der Waals surface area contributed by atoms with Gasteiger partial charge in [0.1, 0.15) is 4.90 Å². The van der Waals surface area contributed by atoms with Gasteiger partial charge in [-0.25, -0.2) is 13.1 Å². The predicted octanol–water partition coefficient (Wildman–Crippen LogP) is 1.76. The number of anilines is 1. The molecule has 0 radical (unpaired) electrons. The molecule has 88 valence electrons. The van der Waals surface area contributed by atoms with Crippen LogP contribution in [0.2, 0.25) is 0 Å². The van der Waals surface area contributed by atoms with Crippen molar-refractivity contribution in [2.45, 2.75) is 11.8 Å². The molecule has 0 spiro atoms. The van der Waals surface area contributed by atoms with Gasteiger partial charge in [-0.2, -0.15) is 0 Å². The number of nitrogen functional groups attached to an aromatic ring is 1. The monoisotopic (exact) mass is 304 g/mol. The molecule has 1 rings (SSSR count). The highest BCUT2D eigenvalue weighted by Crippen LogP contribution is 2.19. The molecule has 0 aliphatic rings. The number of aryl methyl sites for hydroxylation is 1. The Labute approximate surface area is 104 Å². The average molecular weight is 305 g/mol. The second-order valence-electron chi connectivity index (χ2n) is 3.38. The third-order valence-electron chi connectivity index (χ3n) is 1.91. The van der Waals surface area contributed by atoms with Gasteiger partial charge in [-0.3, -0.25) is 0 Å². The van der Waals surface area contributed by atoms with Crippen LogP contribution in [0.1, 0.15) is 5.56 Å². The van der Waals surface area contributed by atoms with Crippen molar-refractivity contribution in [2.24, 2.45) is 0 Å². The van der Waals surface area contributed by atoms with Crippen molar-refractivity contribution in [2.75, 3.05) is 12.3 Å². The lowest BCUT2D eigenvalue weighted by Gasteiger charge is -2.09. The third kappa shape index (κ3) is 3.33. The molecule has 1 aromatic rings. The zero-order valence-corrected chi connectivity index (χ0v) is 11.2. The van der Waals surface area contributed by atoms with Crippen LogP contribution in [0.25, 0.3) is 0 Å². The first-order valence-electron chi connectivity index (χ1n) is 4.52. The lowest BCUT2D eigenvalue weighted by Crippen LogP contribution is -2.25. The molecule has 1 aromatic carbocycles. The number of hydrogen-bond donors (Lipinski definition) is 2. The zero-order chi connectivity index (χ0) is 12.3. The molecule has 16 heavy (non-hydrogen) atoms. The van der Waals surface area contributed by atoms with Crippen LogP contribution in [0.15, 0.2) is 34.2 Å². The molecule has 0 aliphatic carbocycles. The number of hydrogen-bond acceptors (Lipinski definition) is 3. The summed E-state index contributed by atoms with van der Waals surface area (Å²) in [7, 11) is -3.57. The minimum Gasteiger partial charge on any atom is -0.398 e. The second-order valence-corrected chi connectivity index (χ2v) is 6.24. The molecule has 0 fully saturated rings. The highest BCUT2D eigenvalue weighted by molar-refractivity contribution is 9.11. The van der Waals surface area contributed by atoms with Crippen LogP contribution >= 0.6 is 15.9 Å². The molecule has 0 aromatic heterocycles. The Morgan fingerprint density at radius 3 is 2.69 bits per heavy atom. The number of sulfonamides is 1. The lowest BCUT2D eigenvalue weighted by molar-refractivity contribution is 0.586. The predicted molar refractivity (Wildman–Crippen MR) is 68.8 cm³/mol. The van der Waals surface area contributed by atoms with E-state index in [1.165, 1.54) is 6.07 Å². The van der Waals surface area contributed by atoms with Crippen molar-refractivity contribution in [3.8, 4) is 0 Å². The summed E-state index contributed by atoms with van der Waals surface area (Å²) in [6.45, 7) is 5.53. The van der Waals surface area contributed by atoms with Crippen LogP contribution in [0.4, 0.5) is 5.69 Å². The van der Waals surface area contributed by atoms with Crippen LogP contribution in [0, 0.1) is 6.92 Å². The van der Waals surface area contributed by atoms with Crippen LogP contribution < -0.4 is 10.5 Å². The van der Waals surface area contributed by atoms with Crippen LogP contribution in [-0.4, -0.2) is 15.0 Å². The smallest absolute Gasteiger partial charge is 0.242 e. The standard InChI is InChI=1S/C10H13BrN2O2S/c1-7-3-4-10(9(12)5-7)16(14,15)13-6-8(2)11/h3-5,13H,2,6,12H2,1H3. The fourth-order valence-electron chi connectivity index (χ4n) is 1.16. The summed E-state index contributed by atoms with van der Waals surface area (Å²) >= 11 is 3.08. The maximum Gasteiger partial charge on any atom is 0.242 e. The van der Waals surface area contributed by atoms with Gasteiger partial charge in [-0.05, 0) is 24.6 Å². The molecule has 0 bridgehead atoms. The molecule has 0 unspecified atom stereocenters. The highest BCUT2D eigenvalue weighted by atomic mass is 79.9. The Bertz CT molecular complexity index is 512. The summed E-state index contributed by atoms with van der Waals surface area (Å²) in [4.78, 5) is 0.0897. The van der Waals surface area contributed by atoms with Gasteiger partial charge in [0, 0.05) is 11.0 Å². The van der Waals surface area contributed by atoms with Gasteiger partial charge in [0.05, 0.1) is 5.69 Å². The molecular weight excluding hydrogens is 292 g/mol. The van der Waals surface area contributed by atoms with Gasteiger partial charge in [-0.15, -0.1) is 0 Å². The summed E-state index contributed by atoms with van der Waals surface area (Å²) in [5.41, 5.74) is 6.82. The molecule has 4 nitrogen and oxygen atoms in total. The van der Waals surface area contributed by atoms with E-state index in [0.29, 0.717) is 4.48 Å². The lowest BCUT2D eigenvalue weighted by atomic mass is 10.2. The Balaban J connectivity index is 3.03. The van der Waals surface area contributed by atoms with E-state index < -0.39 is 10.0 Å². The van der Waals surface area contributed by atoms with E-state index in [1.807, 2.05) is 6.92 Å². The average Bonchev–Trinajstić information content (AvgIpc) is 2.14. The molecule has 3 N–H and O–H groups in total. The van der Waals surface area contributed by atoms with Crippen LogP contribution in [0.3, 0.4) is 0 Å². The first-order valence-corrected chi connectivity index (χ1v) is 6.79. The summed E-state index contributed by atoms with van der Waals surface area (Å²) in [5, 5.41) is 0. The molecular formula is C10H13BrN2O2S. The summed E-state index contributed by atoms with van der Waals surface area (Å²) in [6, 6.07) is 4.81. The summed E-state index contributed by atoms with van der Waals surface area (Å²) in [5.74, 6) is 0. The quantitative estimate of drug-likeness (QED) is 0.833. The number of benzene rings is 1. The van der Waals surface area contributed by atoms with E-state index in [0.717, 1.165) is 5.56 Å². The molecule has 0 aliphatic heterocycles. The van der Waals surface area contributed by atoms with Crippen LogP contribution in [-0.2, 0) is 10.0 Å². The van der Waals surface area contributed by atoms with Crippen molar-refractivity contribution in [3.05, 3.63) is 34.8 Å². The highest BCUT2D eigenvalue weighted by Gasteiger charge is 2.16. The van der Waals surface area contributed by atoms with E-state index in [1.54, 1.807) is 12.1 Å². The van der Waals surface area contributed by atoms with E-state index in [9.17, 15) is 8.42 Å². The van der Waals surface area contributed by atoms with Gasteiger partial charge in [-0.1, -0.05) is 28.6 Å².